The van der Waals surface area contributed by atoms with Gasteiger partial charge < -0.3 is 15.7 Å². The smallest absolute Gasteiger partial charge is 0.336 e. The minimum Gasteiger partial charge on any atom is -0.478 e. The van der Waals surface area contributed by atoms with Gasteiger partial charge in [0.1, 0.15) is 0 Å². The first-order valence-corrected chi connectivity index (χ1v) is 5.95. The number of amides is 1. The van der Waals surface area contributed by atoms with Crippen molar-refractivity contribution >= 4 is 11.9 Å². The largest absolute Gasteiger partial charge is 0.478 e. The molecule has 96 valence electrons. The number of carboxylic acid groups (broad SMARTS) is 1. The highest BCUT2D eigenvalue weighted by Gasteiger charge is 2.28. The molecule has 3 N–H and O–H groups in total. The van der Waals surface area contributed by atoms with Crippen LogP contribution in [-0.2, 0) is 0 Å². The van der Waals surface area contributed by atoms with Crippen LogP contribution in [0, 0.1) is 5.92 Å². The number of benzene rings is 1. The summed E-state index contributed by atoms with van der Waals surface area (Å²) in [5.74, 6) is -0.969. The average molecular weight is 248 g/mol. The Bertz CT molecular complexity index is 473. The third-order valence-corrected chi connectivity index (χ3v) is 3.29. The molecule has 1 heterocycles. The van der Waals surface area contributed by atoms with Crippen LogP contribution in [0.3, 0.4) is 0 Å². The molecule has 1 unspecified atom stereocenters. The Hall–Kier alpha value is -1.88. The van der Waals surface area contributed by atoms with E-state index in [9.17, 15) is 9.59 Å². The topological polar surface area (TPSA) is 83.6 Å². The van der Waals surface area contributed by atoms with E-state index >= 15 is 0 Å². The van der Waals surface area contributed by atoms with Crippen molar-refractivity contribution in [2.75, 3.05) is 19.6 Å². The van der Waals surface area contributed by atoms with E-state index < -0.39 is 5.97 Å². The van der Waals surface area contributed by atoms with Crippen LogP contribution in [0.1, 0.15) is 27.1 Å². The van der Waals surface area contributed by atoms with Crippen molar-refractivity contribution in [3.05, 3.63) is 35.4 Å². The molecule has 1 saturated heterocycles. The van der Waals surface area contributed by atoms with Crippen molar-refractivity contribution in [2.45, 2.75) is 6.42 Å². The zero-order valence-electron chi connectivity index (χ0n) is 10.0. The molecule has 0 aliphatic carbocycles. The third-order valence-electron chi connectivity index (χ3n) is 3.29. The Kier molecular flexibility index (Phi) is 3.62. The lowest BCUT2D eigenvalue weighted by Crippen LogP contribution is -2.31. The minimum atomic E-state index is -1.08. The molecule has 1 aromatic rings. The van der Waals surface area contributed by atoms with Crippen molar-refractivity contribution in [1.29, 1.82) is 0 Å². The highest BCUT2D eigenvalue weighted by molar-refractivity contribution is 6.04. The van der Waals surface area contributed by atoms with E-state index in [1.165, 1.54) is 6.07 Å². The van der Waals surface area contributed by atoms with Crippen molar-refractivity contribution in [3.8, 4) is 0 Å². The van der Waals surface area contributed by atoms with Gasteiger partial charge in [0.15, 0.2) is 0 Å². The molecule has 5 heteroatoms. The number of carbonyl (C=O) groups is 2. The first kappa shape index (κ1) is 12.6. The van der Waals surface area contributed by atoms with Gasteiger partial charge in [-0.1, -0.05) is 12.1 Å². The van der Waals surface area contributed by atoms with Crippen molar-refractivity contribution in [3.63, 3.8) is 0 Å². The zero-order valence-corrected chi connectivity index (χ0v) is 10.0. The predicted octanol–water partition coefficient (Wildman–Crippen LogP) is 0.806. The first-order valence-electron chi connectivity index (χ1n) is 5.95. The Morgan fingerprint density at radius 2 is 2.00 bits per heavy atom. The molecular weight excluding hydrogens is 232 g/mol. The third kappa shape index (κ3) is 2.36. The van der Waals surface area contributed by atoms with Gasteiger partial charge in [-0.05, 0) is 31.0 Å². The maximum Gasteiger partial charge on any atom is 0.336 e. The van der Waals surface area contributed by atoms with Gasteiger partial charge in [-0.3, -0.25) is 4.79 Å². The van der Waals surface area contributed by atoms with Crippen molar-refractivity contribution in [1.82, 2.24) is 4.90 Å². The molecule has 18 heavy (non-hydrogen) atoms. The van der Waals surface area contributed by atoms with Crippen molar-refractivity contribution < 1.29 is 14.7 Å². The summed E-state index contributed by atoms with van der Waals surface area (Å²) in [5.41, 5.74) is 5.89. The predicted molar refractivity (Wildman–Crippen MR) is 66.5 cm³/mol. The van der Waals surface area contributed by atoms with Crippen LogP contribution in [0.4, 0.5) is 0 Å². The Labute approximate surface area is 105 Å². The van der Waals surface area contributed by atoms with E-state index in [1.807, 2.05) is 0 Å². The fraction of sp³-hybridized carbons (Fsp3) is 0.385. The van der Waals surface area contributed by atoms with Crippen LogP contribution in [0.25, 0.3) is 0 Å². The Morgan fingerprint density at radius 1 is 1.33 bits per heavy atom. The van der Waals surface area contributed by atoms with Gasteiger partial charge in [0.05, 0.1) is 11.1 Å². The van der Waals surface area contributed by atoms with Gasteiger partial charge in [0.2, 0.25) is 0 Å². The van der Waals surface area contributed by atoms with E-state index in [4.69, 9.17) is 10.8 Å². The molecule has 1 amide bonds. The van der Waals surface area contributed by atoms with E-state index in [0.717, 1.165) is 6.42 Å². The maximum atomic E-state index is 12.3. The summed E-state index contributed by atoms with van der Waals surface area (Å²) in [6.45, 7) is 1.82. The van der Waals surface area contributed by atoms with Gasteiger partial charge >= 0.3 is 5.97 Å². The second-order valence-corrected chi connectivity index (χ2v) is 4.49. The molecule has 0 aromatic heterocycles. The van der Waals surface area contributed by atoms with E-state index in [2.05, 4.69) is 0 Å². The van der Waals surface area contributed by atoms with Gasteiger partial charge in [-0.2, -0.15) is 0 Å². The summed E-state index contributed by atoms with van der Waals surface area (Å²) in [6.07, 6.45) is 0.886. The Morgan fingerprint density at radius 3 is 2.56 bits per heavy atom. The second-order valence-electron chi connectivity index (χ2n) is 4.49. The number of hydrogen-bond acceptors (Lipinski definition) is 3. The van der Waals surface area contributed by atoms with Crippen molar-refractivity contribution in [2.24, 2.45) is 11.7 Å². The van der Waals surface area contributed by atoms with Crippen LogP contribution < -0.4 is 5.73 Å². The molecular formula is C13H16N2O3. The second kappa shape index (κ2) is 5.18. The summed E-state index contributed by atoms with van der Waals surface area (Å²) in [7, 11) is 0. The Balaban J connectivity index is 2.22. The molecule has 1 atom stereocenters. The zero-order chi connectivity index (χ0) is 13.1. The number of nitrogens with two attached hydrogens (primary N) is 1. The van der Waals surface area contributed by atoms with Crippen LogP contribution in [0.2, 0.25) is 0 Å². The van der Waals surface area contributed by atoms with Crippen LogP contribution >= 0.6 is 0 Å². The van der Waals surface area contributed by atoms with Gasteiger partial charge in [0, 0.05) is 13.1 Å². The minimum absolute atomic E-state index is 0.0544. The fourth-order valence-electron chi connectivity index (χ4n) is 2.24. The lowest BCUT2D eigenvalue weighted by atomic mass is 10.1. The quantitative estimate of drug-likeness (QED) is 0.829. The number of rotatable bonds is 3. The molecule has 0 spiro atoms. The SMILES string of the molecule is NCC1CCN(C(=O)c2ccccc2C(=O)O)C1. The van der Waals surface area contributed by atoms with E-state index in [1.54, 1.807) is 23.1 Å². The van der Waals surface area contributed by atoms with Gasteiger partial charge in [-0.25, -0.2) is 4.79 Å². The number of aromatic carboxylic acids is 1. The number of carbonyl (C=O) groups excluding carboxylic acids is 1. The lowest BCUT2D eigenvalue weighted by molar-refractivity contribution is 0.0680. The van der Waals surface area contributed by atoms with E-state index in [-0.39, 0.29) is 17.0 Å². The molecule has 1 aliphatic rings. The van der Waals surface area contributed by atoms with Crippen LogP contribution in [0.5, 0.6) is 0 Å². The highest BCUT2D eigenvalue weighted by atomic mass is 16.4. The molecule has 1 aromatic carbocycles. The molecule has 1 fully saturated rings. The van der Waals surface area contributed by atoms with E-state index in [0.29, 0.717) is 25.6 Å². The molecule has 1 aliphatic heterocycles. The van der Waals surface area contributed by atoms with Crippen LogP contribution in [0.15, 0.2) is 24.3 Å². The lowest BCUT2D eigenvalue weighted by Gasteiger charge is -2.17. The molecule has 5 nitrogen and oxygen atoms in total. The normalized spacial score (nSPS) is 18.9. The summed E-state index contributed by atoms with van der Waals surface area (Å²) >= 11 is 0. The summed E-state index contributed by atoms with van der Waals surface area (Å²) in [4.78, 5) is 25.0. The van der Waals surface area contributed by atoms with Gasteiger partial charge in [-0.15, -0.1) is 0 Å². The number of hydrogen-bond donors (Lipinski definition) is 2. The summed E-state index contributed by atoms with van der Waals surface area (Å²) in [5, 5.41) is 9.06. The summed E-state index contributed by atoms with van der Waals surface area (Å²) in [6, 6.07) is 6.30. The molecule has 0 bridgehead atoms. The standard InChI is InChI=1S/C13H16N2O3/c14-7-9-5-6-15(8-9)12(16)10-3-1-2-4-11(10)13(17)18/h1-4,9H,5-8,14H2,(H,17,18). The monoisotopic (exact) mass is 248 g/mol. The maximum absolute atomic E-state index is 12.3. The van der Waals surface area contributed by atoms with Gasteiger partial charge in [0.25, 0.3) is 5.91 Å². The average Bonchev–Trinajstić information content (AvgIpc) is 2.86. The first-order chi connectivity index (χ1) is 8.63. The van der Waals surface area contributed by atoms with Crippen LogP contribution in [-0.4, -0.2) is 41.5 Å². The number of nitrogens with zero attached hydrogens (tertiary/aromatic N) is 1. The number of likely N-dealkylation sites (tertiary alicyclic amines) is 1. The fourth-order valence-corrected chi connectivity index (χ4v) is 2.24. The number of carboxylic acids is 1. The highest BCUT2D eigenvalue weighted by Crippen LogP contribution is 2.19. The molecule has 0 radical (unpaired) electrons. The molecule has 2 rings (SSSR count). The summed E-state index contributed by atoms with van der Waals surface area (Å²) < 4.78 is 0. The molecule has 0 saturated carbocycles.